The molecule has 1 amide bonds. The zero-order valence-electron chi connectivity index (χ0n) is 19.1. The van der Waals surface area contributed by atoms with Crippen molar-refractivity contribution in [3.05, 3.63) is 64.9 Å². The summed E-state index contributed by atoms with van der Waals surface area (Å²) in [6.07, 6.45) is 4.10. The molecule has 0 aliphatic carbocycles. The van der Waals surface area contributed by atoms with E-state index in [0.717, 1.165) is 54.0 Å². The van der Waals surface area contributed by atoms with Crippen LogP contribution in [0.2, 0.25) is 5.02 Å². The Kier molecular flexibility index (Phi) is 6.45. The summed E-state index contributed by atoms with van der Waals surface area (Å²) in [5, 5.41) is 8.72. The van der Waals surface area contributed by atoms with E-state index in [-0.39, 0.29) is 12.3 Å². The number of hydrogen-bond acceptors (Lipinski definition) is 6. The van der Waals surface area contributed by atoms with E-state index in [0.29, 0.717) is 28.7 Å². The molecule has 0 bridgehead atoms. The molecular weight excluding hydrogens is 450 g/mol. The molecule has 1 saturated heterocycles. The van der Waals surface area contributed by atoms with Crippen molar-refractivity contribution in [2.75, 3.05) is 23.3 Å². The summed E-state index contributed by atoms with van der Waals surface area (Å²) in [4.78, 5) is 24.4. The lowest BCUT2D eigenvalue weighted by Gasteiger charge is -2.28. The van der Waals surface area contributed by atoms with Crippen molar-refractivity contribution in [2.24, 2.45) is 0 Å². The van der Waals surface area contributed by atoms with E-state index in [1.807, 2.05) is 49.4 Å². The van der Waals surface area contributed by atoms with Gasteiger partial charge in [0.15, 0.2) is 0 Å². The largest absolute Gasteiger partial charge is 0.356 e. The lowest BCUT2D eigenvalue weighted by Crippen LogP contribution is -2.30. The van der Waals surface area contributed by atoms with E-state index in [1.165, 1.54) is 6.42 Å². The molecule has 8 heteroatoms. The first-order valence-electron chi connectivity index (χ1n) is 11.6. The van der Waals surface area contributed by atoms with Crippen LogP contribution in [-0.4, -0.2) is 34.1 Å². The highest BCUT2D eigenvalue weighted by atomic mass is 35.5. The topological polar surface area (TPSA) is 84.2 Å². The quantitative estimate of drug-likeness (QED) is 0.379. The van der Waals surface area contributed by atoms with Gasteiger partial charge in [-0.15, -0.1) is 0 Å². The molecule has 2 aromatic carbocycles. The van der Waals surface area contributed by atoms with Crippen LogP contribution in [0.4, 0.5) is 11.5 Å². The molecule has 0 atom stereocenters. The zero-order chi connectivity index (χ0) is 23.5. The average molecular weight is 476 g/mol. The van der Waals surface area contributed by atoms with Crippen LogP contribution in [0.25, 0.3) is 22.4 Å². The molecule has 174 valence electrons. The van der Waals surface area contributed by atoms with Crippen molar-refractivity contribution < 1.29 is 9.32 Å². The third-order valence-corrected chi connectivity index (χ3v) is 6.59. The highest BCUT2D eigenvalue weighted by molar-refractivity contribution is 6.31. The van der Waals surface area contributed by atoms with Crippen LogP contribution < -0.4 is 10.2 Å². The van der Waals surface area contributed by atoms with Crippen LogP contribution in [0, 0.1) is 6.92 Å². The van der Waals surface area contributed by atoms with Gasteiger partial charge in [0.1, 0.15) is 22.7 Å². The molecule has 0 unspecified atom stereocenters. The Morgan fingerprint density at radius 2 is 1.85 bits per heavy atom. The molecule has 0 radical (unpaired) electrons. The second-order valence-corrected chi connectivity index (χ2v) is 8.96. The number of aromatic nitrogens is 3. The molecule has 1 aliphatic heterocycles. The minimum absolute atomic E-state index is 0.115. The van der Waals surface area contributed by atoms with Crippen LogP contribution in [0.5, 0.6) is 0 Å². The Morgan fingerprint density at radius 1 is 1.06 bits per heavy atom. The molecule has 1 aliphatic rings. The third-order valence-electron chi connectivity index (χ3n) is 6.18. The summed E-state index contributed by atoms with van der Waals surface area (Å²) in [5.41, 5.74) is 3.72. The predicted octanol–water partition coefficient (Wildman–Crippen LogP) is 5.81. The van der Waals surface area contributed by atoms with Crippen LogP contribution in [0.1, 0.15) is 37.1 Å². The van der Waals surface area contributed by atoms with Gasteiger partial charge in [0.05, 0.1) is 0 Å². The number of carbonyl (C=O) groups excluding carboxylic acids is 1. The maximum atomic E-state index is 12.6. The van der Waals surface area contributed by atoms with Gasteiger partial charge in [0, 0.05) is 42.2 Å². The molecule has 7 nitrogen and oxygen atoms in total. The number of fused-ring (bicyclic) bond motifs is 1. The Bertz CT molecular complexity index is 1320. The zero-order valence-corrected chi connectivity index (χ0v) is 19.8. The van der Waals surface area contributed by atoms with Crippen LogP contribution in [0.3, 0.4) is 0 Å². The molecule has 0 saturated carbocycles. The minimum atomic E-state index is -0.115. The Hall–Kier alpha value is -3.45. The maximum absolute atomic E-state index is 12.6. The maximum Gasteiger partial charge on any atom is 0.263 e. The average Bonchev–Trinajstić information content (AvgIpc) is 3.30. The Balaban J connectivity index is 1.43. The van der Waals surface area contributed by atoms with Gasteiger partial charge in [-0.3, -0.25) is 4.79 Å². The van der Waals surface area contributed by atoms with Gasteiger partial charge >= 0.3 is 0 Å². The summed E-state index contributed by atoms with van der Waals surface area (Å²) < 4.78 is 5.66. The van der Waals surface area contributed by atoms with Gasteiger partial charge in [-0.1, -0.05) is 53.2 Å². The predicted molar refractivity (Wildman–Crippen MR) is 134 cm³/mol. The van der Waals surface area contributed by atoms with Gasteiger partial charge in [-0.25, -0.2) is 4.98 Å². The highest BCUT2D eigenvalue weighted by Gasteiger charge is 2.24. The van der Waals surface area contributed by atoms with E-state index in [1.54, 1.807) is 6.07 Å². The fourth-order valence-corrected chi connectivity index (χ4v) is 4.47. The number of hydrogen-bond donors (Lipinski definition) is 1. The van der Waals surface area contributed by atoms with E-state index >= 15 is 0 Å². The number of nitrogens with zero attached hydrogens (tertiary/aromatic N) is 4. The fraction of sp³-hybridized carbons (Fsp3) is 0.308. The van der Waals surface area contributed by atoms with Crippen molar-refractivity contribution in [3.8, 4) is 11.3 Å². The number of piperidine rings is 1. The SMILES string of the molecule is Cc1c(Cl)cccc1NC(=O)CCc1nc(N2CCCCC2)c2c(-c3ccccc3)noc2n1. The number of benzene rings is 2. The summed E-state index contributed by atoms with van der Waals surface area (Å²) in [7, 11) is 0. The molecule has 1 fully saturated rings. The van der Waals surface area contributed by atoms with E-state index in [9.17, 15) is 4.79 Å². The first-order chi connectivity index (χ1) is 16.6. The lowest BCUT2D eigenvalue weighted by atomic mass is 10.1. The normalized spacial score (nSPS) is 13.9. The number of anilines is 2. The highest BCUT2D eigenvalue weighted by Crippen LogP contribution is 2.35. The standard InChI is InChI=1S/C26H26ClN5O2/c1-17-19(27)11-8-12-20(17)28-22(33)14-13-21-29-25(32-15-6-3-7-16-32)23-24(31-34-26(23)30-21)18-9-4-2-5-10-18/h2,4-5,8-12H,3,6-7,13-16H2,1H3,(H,28,33). The van der Waals surface area contributed by atoms with E-state index < -0.39 is 0 Å². The molecule has 0 spiro atoms. The first kappa shape index (κ1) is 22.3. The molecule has 4 aromatic rings. The number of amides is 1. The second kappa shape index (κ2) is 9.81. The number of rotatable bonds is 6. The molecule has 3 heterocycles. The second-order valence-electron chi connectivity index (χ2n) is 8.55. The van der Waals surface area contributed by atoms with Crippen molar-refractivity contribution in [2.45, 2.75) is 39.0 Å². The van der Waals surface area contributed by atoms with Crippen molar-refractivity contribution in [1.82, 2.24) is 15.1 Å². The summed E-state index contributed by atoms with van der Waals surface area (Å²) in [5.74, 6) is 1.30. The molecule has 5 rings (SSSR count). The van der Waals surface area contributed by atoms with Crippen molar-refractivity contribution in [3.63, 3.8) is 0 Å². The van der Waals surface area contributed by atoms with Gasteiger partial charge in [0.2, 0.25) is 5.91 Å². The summed E-state index contributed by atoms with van der Waals surface area (Å²) >= 11 is 6.17. The Morgan fingerprint density at radius 3 is 2.65 bits per heavy atom. The van der Waals surface area contributed by atoms with Crippen LogP contribution in [0.15, 0.2) is 53.1 Å². The smallest absolute Gasteiger partial charge is 0.263 e. The molecular formula is C26H26ClN5O2. The van der Waals surface area contributed by atoms with E-state index in [2.05, 4.69) is 20.4 Å². The molecule has 1 N–H and O–H groups in total. The first-order valence-corrected chi connectivity index (χ1v) is 12.0. The van der Waals surface area contributed by atoms with Crippen molar-refractivity contribution in [1.29, 1.82) is 0 Å². The van der Waals surface area contributed by atoms with E-state index in [4.69, 9.17) is 21.1 Å². The number of carbonyl (C=O) groups is 1. The molecule has 2 aromatic heterocycles. The van der Waals surface area contributed by atoms with Gasteiger partial charge in [-0.05, 0) is 43.9 Å². The van der Waals surface area contributed by atoms with Gasteiger partial charge in [-0.2, -0.15) is 4.98 Å². The molecule has 34 heavy (non-hydrogen) atoms. The fourth-order valence-electron chi connectivity index (χ4n) is 4.30. The number of halogens is 1. The number of aryl methyl sites for hydroxylation is 1. The monoisotopic (exact) mass is 475 g/mol. The van der Waals surface area contributed by atoms with Crippen molar-refractivity contribution >= 4 is 40.1 Å². The summed E-state index contributed by atoms with van der Waals surface area (Å²) in [6, 6.07) is 15.4. The van der Waals surface area contributed by atoms with Gasteiger partial charge in [0.25, 0.3) is 5.71 Å². The Labute approximate surface area is 203 Å². The number of nitrogens with one attached hydrogen (secondary N) is 1. The van der Waals surface area contributed by atoms with Crippen LogP contribution in [-0.2, 0) is 11.2 Å². The minimum Gasteiger partial charge on any atom is -0.356 e. The third kappa shape index (κ3) is 4.61. The summed E-state index contributed by atoms with van der Waals surface area (Å²) in [6.45, 7) is 3.74. The van der Waals surface area contributed by atoms with Gasteiger partial charge < -0.3 is 14.7 Å². The van der Waals surface area contributed by atoms with Crippen LogP contribution >= 0.6 is 11.6 Å². The lowest BCUT2D eigenvalue weighted by molar-refractivity contribution is -0.116.